The minimum Gasteiger partial charge on any atom is -0.409 e. The molecule has 0 bridgehead atoms. The summed E-state index contributed by atoms with van der Waals surface area (Å²) in [7, 11) is 3.46. The first-order valence-corrected chi connectivity index (χ1v) is 7.72. The number of halogens is 1. The van der Waals surface area contributed by atoms with Crippen molar-refractivity contribution in [2.24, 2.45) is 25.0 Å². The van der Waals surface area contributed by atoms with E-state index in [1.807, 2.05) is 30.8 Å². The highest BCUT2D eigenvalue weighted by Crippen LogP contribution is 2.41. The summed E-state index contributed by atoms with van der Waals surface area (Å²) in [5.41, 5.74) is 8.70. The van der Waals surface area contributed by atoms with Crippen LogP contribution in [0.25, 0.3) is 11.3 Å². The van der Waals surface area contributed by atoms with Gasteiger partial charge in [0, 0.05) is 20.3 Å². The molecule has 25 heavy (non-hydrogen) atoms. The Labute approximate surface area is 144 Å². The Morgan fingerprint density at radius 3 is 2.68 bits per heavy atom. The number of hydrogen-bond donors (Lipinski definition) is 3. The zero-order valence-corrected chi connectivity index (χ0v) is 14.2. The second kappa shape index (κ2) is 5.89. The van der Waals surface area contributed by atoms with Gasteiger partial charge in [-0.15, -0.1) is 0 Å². The molecule has 8 heteroatoms. The highest BCUT2D eigenvalue weighted by molar-refractivity contribution is 6.02. The van der Waals surface area contributed by atoms with E-state index in [0.717, 1.165) is 17.3 Å². The third-order valence-electron chi connectivity index (χ3n) is 4.41. The van der Waals surface area contributed by atoms with Crippen LogP contribution in [0.1, 0.15) is 22.9 Å². The third-order valence-corrected chi connectivity index (χ3v) is 4.41. The minimum atomic E-state index is -2.58. The molecule has 7 nitrogen and oxygen atoms in total. The summed E-state index contributed by atoms with van der Waals surface area (Å²) < 4.78 is 18.0. The number of aromatic nitrogens is 3. The van der Waals surface area contributed by atoms with Crippen LogP contribution in [-0.4, -0.2) is 36.4 Å². The summed E-state index contributed by atoms with van der Waals surface area (Å²) in [6.07, 6.45) is 7.57. The Balaban J connectivity index is 2.35. The lowest BCUT2D eigenvalue weighted by Gasteiger charge is -2.25. The van der Waals surface area contributed by atoms with Crippen molar-refractivity contribution in [3.63, 3.8) is 0 Å². The quantitative estimate of drug-likeness (QED) is 0.341. The van der Waals surface area contributed by atoms with Crippen molar-refractivity contribution in [1.82, 2.24) is 14.3 Å². The van der Waals surface area contributed by atoms with E-state index in [-0.39, 0.29) is 5.84 Å². The maximum absolute atomic E-state index is 14.7. The van der Waals surface area contributed by atoms with Gasteiger partial charge in [0.05, 0.1) is 22.9 Å². The van der Waals surface area contributed by atoms with Crippen molar-refractivity contribution in [2.75, 3.05) is 0 Å². The van der Waals surface area contributed by atoms with Gasteiger partial charge < -0.3 is 20.6 Å². The van der Waals surface area contributed by atoms with Gasteiger partial charge in [-0.05, 0) is 24.6 Å². The van der Waals surface area contributed by atoms with E-state index in [4.69, 9.17) is 10.9 Å². The van der Waals surface area contributed by atoms with Crippen LogP contribution in [0, 0.1) is 6.92 Å². The first-order chi connectivity index (χ1) is 11.8. The second-order valence-electron chi connectivity index (χ2n) is 6.13. The molecule has 2 unspecified atom stereocenters. The van der Waals surface area contributed by atoms with Gasteiger partial charge in [-0.1, -0.05) is 23.4 Å². The number of allylic oxidation sites excluding steroid dienone is 2. The lowest BCUT2D eigenvalue weighted by molar-refractivity contribution is -0.0549. The first kappa shape index (κ1) is 17.0. The van der Waals surface area contributed by atoms with E-state index >= 15 is 0 Å². The molecule has 1 aliphatic carbocycles. The Kier molecular flexibility index (Phi) is 4.00. The van der Waals surface area contributed by atoms with Crippen LogP contribution in [-0.2, 0) is 14.1 Å². The molecule has 2 aromatic rings. The highest BCUT2D eigenvalue weighted by Gasteiger charge is 2.40. The van der Waals surface area contributed by atoms with Gasteiger partial charge in [-0.25, -0.2) is 4.39 Å². The Morgan fingerprint density at radius 1 is 1.40 bits per heavy atom. The van der Waals surface area contributed by atoms with Crippen molar-refractivity contribution >= 4 is 5.84 Å². The SMILES string of the molecule is Cc1ccn(C)c1-c1c(C2C=CC=CC2(O)F)nn(C)c1C(N)=NO. The average Bonchev–Trinajstić information content (AvgIpc) is 3.05. The normalized spacial score (nSPS) is 23.4. The fourth-order valence-electron chi connectivity index (χ4n) is 3.25. The van der Waals surface area contributed by atoms with Gasteiger partial charge in [-0.2, -0.15) is 5.10 Å². The predicted octanol–water partition coefficient (Wildman–Crippen LogP) is 1.70. The van der Waals surface area contributed by atoms with Crippen molar-refractivity contribution in [3.8, 4) is 11.3 Å². The molecule has 2 aromatic heterocycles. The van der Waals surface area contributed by atoms with Crippen LogP contribution in [0.5, 0.6) is 0 Å². The van der Waals surface area contributed by atoms with E-state index in [1.165, 1.54) is 10.8 Å². The molecule has 0 fully saturated rings. The molecule has 0 aromatic carbocycles. The summed E-state index contributed by atoms with van der Waals surface area (Å²) >= 11 is 0. The molecule has 2 heterocycles. The summed E-state index contributed by atoms with van der Waals surface area (Å²) in [6.45, 7) is 1.90. The summed E-state index contributed by atoms with van der Waals surface area (Å²) in [4.78, 5) is 0. The number of hydrogen-bond acceptors (Lipinski definition) is 4. The number of nitrogens with two attached hydrogens (primary N) is 1. The second-order valence-corrected chi connectivity index (χ2v) is 6.13. The summed E-state index contributed by atoms with van der Waals surface area (Å²) in [5, 5.41) is 26.8. The highest BCUT2D eigenvalue weighted by atomic mass is 19.2. The Morgan fingerprint density at radius 2 is 2.12 bits per heavy atom. The van der Waals surface area contributed by atoms with Crippen LogP contribution in [0.4, 0.5) is 4.39 Å². The van der Waals surface area contributed by atoms with Gasteiger partial charge in [0.25, 0.3) is 0 Å². The van der Waals surface area contributed by atoms with E-state index in [0.29, 0.717) is 17.0 Å². The molecule has 0 amide bonds. The monoisotopic (exact) mass is 345 g/mol. The van der Waals surface area contributed by atoms with Gasteiger partial charge in [0.15, 0.2) is 5.84 Å². The number of aliphatic hydroxyl groups is 1. The molecule has 0 saturated carbocycles. The largest absolute Gasteiger partial charge is 0.409 e. The van der Waals surface area contributed by atoms with E-state index in [9.17, 15) is 9.50 Å². The van der Waals surface area contributed by atoms with Crippen molar-refractivity contribution < 1.29 is 14.7 Å². The number of rotatable bonds is 3. The molecular weight excluding hydrogens is 325 g/mol. The molecule has 2 atom stereocenters. The Hall–Kier alpha value is -2.87. The fourth-order valence-corrected chi connectivity index (χ4v) is 3.25. The number of aryl methyl sites for hydroxylation is 3. The fraction of sp³-hybridized carbons (Fsp3) is 0.294. The molecule has 0 aliphatic heterocycles. The molecule has 1 aliphatic rings. The topological polar surface area (TPSA) is 102 Å². The zero-order chi connectivity index (χ0) is 18.4. The van der Waals surface area contributed by atoms with Crippen LogP contribution >= 0.6 is 0 Å². The molecular formula is C17H20FN5O2. The smallest absolute Gasteiger partial charge is 0.238 e. The van der Waals surface area contributed by atoms with Crippen LogP contribution in [0.15, 0.2) is 41.7 Å². The van der Waals surface area contributed by atoms with Gasteiger partial charge in [-0.3, -0.25) is 4.68 Å². The van der Waals surface area contributed by atoms with Crippen LogP contribution in [0.3, 0.4) is 0 Å². The number of alkyl halides is 1. The number of amidine groups is 1. The van der Waals surface area contributed by atoms with Crippen LogP contribution < -0.4 is 5.73 Å². The molecule has 132 valence electrons. The summed E-state index contributed by atoms with van der Waals surface area (Å²) in [5.74, 6) is -3.75. The van der Waals surface area contributed by atoms with E-state index in [1.54, 1.807) is 19.2 Å². The third kappa shape index (κ3) is 2.64. The molecule has 0 saturated heterocycles. The molecule has 0 radical (unpaired) electrons. The predicted molar refractivity (Wildman–Crippen MR) is 91.9 cm³/mol. The minimum absolute atomic E-state index is 0.144. The van der Waals surface area contributed by atoms with Gasteiger partial charge in [0.2, 0.25) is 5.85 Å². The maximum atomic E-state index is 14.7. The molecule has 4 N–H and O–H groups in total. The van der Waals surface area contributed by atoms with Gasteiger partial charge in [0.1, 0.15) is 5.69 Å². The van der Waals surface area contributed by atoms with E-state index in [2.05, 4.69) is 10.3 Å². The van der Waals surface area contributed by atoms with Gasteiger partial charge >= 0.3 is 0 Å². The number of nitrogens with zero attached hydrogens (tertiary/aromatic N) is 4. The van der Waals surface area contributed by atoms with Crippen LogP contribution in [0.2, 0.25) is 0 Å². The lowest BCUT2D eigenvalue weighted by Crippen LogP contribution is -2.29. The standard InChI is InChI=1S/C17H20FN5O2/c1-10-7-9-22(2)14(10)12-13(11-6-4-5-8-17(11,18)24)20-23(3)15(12)16(19)21-25/h4-9,11,24-25H,1-3H3,(H2,19,21). The summed E-state index contributed by atoms with van der Waals surface area (Å²) in [6, 6.07) is 1.90. The molecule has 0 spiro atoms. The van der Waals surface area contributed by atoms with Crippen molar-refractivity contribution in [2.45, 2.75) is 18.7 Å². The maximum Gasteiger partial charge on any atom is 0.238 e. The molecule has 3 rings (SSSR count). The first-order valence-electron chi connectivity index (χ1n) is 7.72. The number of oxime groups is 1. The lowest BCUT2D eigenvalue weighted by atomic mass is 9.88. The van der Waals surface area contributed by atoms with Crippen molar-refractivity contribution in [1.29, 1.82) is 0 Å². The Bertz CT molecular complexity index is 885. The van der Waals surface area contributed by atoms with E-state index < -0.39 is 11.8 Å². The van der Waals surface area contributed by atoms with Crippen molar-refractivity contribution in [3.05, 3.63) is 53.5 Å². The average molecular weight is 345 g/mol. The zero-order valence-electron chi connectivity index (χ0n) is 14.2.